The number of amides is 10. The van der Waals surface area contributed by atoms with Crippen LogP contribution in [-0.2, 0) is 65.6 Å². The summed E-state index contributed by atoms with van der Waals surface area (Å²) in [4.78, 5) is 158. The van der Waals surface area contributed by atoms with Crippen LogP contribution in [0.15, 0.2) is 41.8 Å². The molecule has 0 fully saturated rings. The van der Waals surface area contributed by atoms with Crippen molar-refractivity contribution in [3.8, 4) is 5.75 Å². The Labute approximate surface area is 497 Å². The lowest BCUT2D eigenvalue weighted by Crippen LogP contribution is -2.61. The number of hydrogen-bond acceptors (Lipinski definition) is 18. The van der Waals surface area contributed by atoms with E-state index in [1.807, 2.05) is 0 Å². The van der Waals surface area contributed by atoms with E-state index in [-0.39, 0.29) is 69.1 Å². The highest BCUT2D eigenvalue weighted by Crippen LogP contribution is 2.14. The monoisotopic (exact) mass is 1220 g/mol. The fourth-order valence-electron chi connectivity index (χ4n) is 8.21. The number of phenolic OH excluding ortho intramolecular Hbond substituents is 1. The second-order valence-corrected chi connectivity index (χ2v) is 21.8. The van der Waals surface area contributed by atoms with Crippen molar-refractivity contribution in [3.63, 3.8) is 0 Å². The van der Waals surface area contributed by atoms with Crippen LogP contribution in [0.2, 0.25) is 0 Å². The lowest BCUT2D eigenvalue weighted by atomic mass is 10.0. The minimum Gasteiger partial charge on any atom is -0.508 e. The van der Waals surface area contributed by atoms with Crippen molar-refractivity contribution in [3.05, 3.63) is 48.0 Å². The van der Waals surface area contributed by atoms with Crippen molar-refractivity contribution in [1.29, 1.82) is 0 Å². The van der Waals surface area contributed by atoms with Gasteiger partial charge in [0, 0.05) is 37.7 Å². The Morgan fingerprint density at radius 3 is 1.74 bits per heavy atom. The summed E-state index contributed by atoms with van der Waals surface area (Å²) in [6.45, 7) is 5.28. The Hall–Kier alpha value is -8.10. The molecule has 0 aliphatic rings. The zero-order valence-electron chi connectivity index (χ0n) is 48.7. The Balaban J connectivity index is 2.33. The van der Waals surface area contributed by atoms with E-state index in [2.05, 4.69) is 62.8 Å². The van der Waals surface area contributed by atoms with Gasteiger partial charge in [0.15, 0.2) is 5.96 Å². The number of imidazole rings is 1. The molecule has 1 aromatic carbocycles. The number of carbonyl (C=O) groups excluding carboxylic acids is 10. The summed E-state index contributed by atoms with van der Waals surface area (Å²) >= 11 is 1.36. The summed E-state index contributed by atoms with van der Waals surface area (Å²) in [5.74, 6) is -11.0. The van der Waals surface area contributed by atoms with Crippen LogP contribution < -0.4 is 76.5 Å². The molecule has 23 N–H and O–H groups in total. The first-order valence-corrected chi connectivity index (χ1v) is 29.2. The number of nitrogens with one attached hydrogen (secondary N) is 10. The standard InChI is InChI=1S/C53H87N17O14S/c1-28(2)21-37(67-44(75)33(55)9-6-7-18-54)48(79)65-35(15-16-41(56)73)45(76)69-40(26-71)50(81)64-34(10-8-19-60-53(57)58)47(78)70-43(29(3)4)51(82)61-25-42(74)63-38(22-30-11-13-32(72)14-12-30)49(80)66-36(17-20-85-5)46(77)68-39(52(83)84)23-31-24-59-27-62-31/h11-14,24,27-29,33-40,43,71-72H,6-10,15-23,25-26,54-55H2,1-5H3,(H2,56,73)(H,59,62)(H,61,82)(H,63,74)(H,64,81)(H,65,79)(H,66,80)(H,67,75)(H,68,77)(H,69,76)(H,70,78)(H,83,84)(H4,57,58,60)/t33-,34-,35-,36-,37-,38-,39-,40-,43-/m0/s1. The number of aliphatic imine (C=N–C) groups is 1. The van der Waals surface area contributed by atoms with Crippen LogP contribution in [0.5, 0.6) is 5.75 Å². The number of aromatic hydroxyl groups is 1. The molecule has 474 valence electrons. The summed E-state index contributed by atoms with van der Waals surface area (Å²) in [6, 6.07) is -6.74. The van der Waals surface area contributed by atoms with Crippen molar-refractivity contribution < 1.29 is 68.1 Å². The fourth-order valence-corrected chi connectivity index (χ4v) is 8.69. The first-order chi connectivity index (χ1) is 40.2. The smallest absolute Gasteiger partial charge is 0.326 e. The lowest BCUT2D eigenvalue weighted by Gasteiger charge is -2.28. The zero-order valence-corrected chi connectivity index (χ0v) is 49.5. The molecule has 10 amide bonds. The third kappa shape index (κ3) is 28.4. The minimum atomic E-state index is -1.78. The summed E-state index contributed by atoms with van der Waals surface area (Å²) in [7, 11) is 0. The number of benzene rings is 1. The Kier molecular flexibility index (Phi) is 33.2. The molecule has 9 atom stereocenters. The van der Waals surface area contributed by atoms with Crippen molar-refractivity contribution in [2.24, 2.45) is 45.5 Å². The molecule has 0 aliphatic heterocycles. The van der Waals surface area contributed by atoms with Crippen LogP contribution >= 0.6 is 11.8 Å². The summed E-state index contributed by atoms with van der Waals surface area (Å²) < 4.78 is 0. The fraction of sp³-hybridized carbons (Fsp3) is 0.604. The summed E-state index contributed by atoms with van der Waals surface area (Å²) in [5, 5.41) is 52.7. The zero-order chi connectivity index (χ0) is 63.8. The topological polar surface area (TPSA) is 528 Å². The third-order valence-corrected chi connectivity index (χ3v) is 13.5. The number of aromatic nitrogens is 2. The van der Waals surface area contributed by atoms with Crippen LogP contribution in [0, 0.1) is 11.8 Å². The van der Waals surface area contributed by atoms with Gasteiger partial charge < -0.3 is 96.8 Å². The van der Waals surface area contributed by atoms with Crippen molar-refractivity contribution in [2.75, 3.05) is 38.2 Å². The number of aliphatic hydroxyl groups excluding tert-OH is 1. The molecule has 0 bridgehead atoms. The Morgan fingerprint density at radius 2 is 1.20 bits per heavy atom. The first-order valence-electron chi connectivity index (χ1n) is 27.8. The molecule has 0 saturated carbocycles. The molecular formula is C53H87N17O14S. The molecule has 0 unspecified atom stereocenters. The predicted molar refractivity (Wildman–Crippen MR) is 314 cm³/mol. The average Bonchev–Trinajstić information content (AvgIpc) is 4.13. The van der Waals surface area contributed by atoms with E-state index in [1.54, 1.807) is 34.0 Å². The number of phenols is 1. The SMILES string of the molecule is CSCC[C@H](NC(=O)[C@H](Cc1ccc(O)cc1)NC(=O)CNC(=O)[C@@H](NC(=O)[C@H](CCCN=C(N)N)NC(=O)[C@H](CO)NC(=O)[C@H](CCC(N)=O)NC(=O)[C@H](CC(C)C)NC(=O)[C@@H](N)CCCCN)C(C)C)C(=O)N[C@@H](Cc1cnc[nH]1)C(=O)O. The number of nitrogens with two attached hydrogens (primary N) is 5. The Morgan fingerprint density at radius 1 is 0.647 bits per heavy atom. The number of carboxylic acid groups (broad SMARTS) is 1. The highest BCUT2D eigenvalue weighted by Gasteiger charge is 2.35. The molecule has 0 aliphatic carbocycles. The molecule has 0 spiro atoms. The highest BCUT2D eigenvalue weighted by molar-refractivity contribution is 7.98. The number of rotatable bonds is 41. The van der Waals surface area contributed by atoms with Gasteiger partial charge >= 0.3 is 5.97 Å². The van der Waals surface area contributed by atoms with Crippen molar-refractivity contribution >= 4 is 82.8 Å². The maximum atomic E-state index is 14.1. The van der Waals surface area contributed by atoms with Crippen LogP contribution in [0.4, 0.5) is 0 Å². The highest BCUT2D eigenvalue weighted by atomic mass is 32.2. The van der Waals surface area contributed by atoms with E-state index >= 15 is 0 Å². The second kappa shape index (κ2) is 38.7. The van der Waals surface area contributed by atoms with Gasteiger partial charge in [-0.25, -0.2) is 9.78 Å². The number of carboxylic acids is 1. The van der Waals surface area contributed by atoms with E-state index in [1.165, 1.54) is 48.6 Å². The Bertz CT molecular complexity index is 2540. The number of thioether (sulfide) groups is 1. The van der Waals surface area contributed by atoms with Gasteiger partial charge in [-0.2, -0.15) is 11.8 Å². The number of guanidine groups is 1. The molecule has 2 rings (SSSR count). The number of aliphatic hydroxyl groups is 1. The van der Waals surface area contributed by atoms with Crippen LogP contribution in [0.1, 0.15) is 96.7 Å². The van der Waals surface area contributed by atoms with Crippen LogP contribution in [0.25, 0.3) is 0 Å². The van der Waals surface area contributed by atoms with Gasteiger partial charge in [0.2, 0.25) is 59.1 Å². The van der Waals surface area contributed by atoms with Gasteiger partial charge in [0.1, 0.15) is 54.1 Å². The van der Waals surface area contributed by atoms with Gasteiger partial charge in [0.05, 0.1) is 25.5 Å². The number of H-pyrrole nitrogens is 1. The van der Waals surface area contributed by atoms with E-state index in [4.69, 9.17) is 28.7 Å². The van der Waals surface area contributed by atoms with Crippen LogP contribution in [-0.4, -0.2) is 189 Å². The molecule has 1 heterocycles. The quantitative estimate of drug-likeness (QED) is 0.0169. The molecule has 32 heteroatoms. The van der Waals surface area contributed by atoms with E-state index in [0.717, 1.165) is 0 Å². The number of nitrogens with zero attached hydrogens (tertiary/aromatic N) is 2. The third-order valence-electron chi connectivity index (χ3n) is 12.9. The van der Waals surface area contributed by atoms with Gasteiger partial charge in [-0.1, -0.05) is 46.2 Å². The number of aliphatic carboxylic acids is 1. The molecule has 1 aromatic heterocycles. The number of carbonyl (C=O) groups is 11. The lowest BCUT2D eigenvalue weighted by molar-refractivity contribution is -0.142. The maximum absolute atomic E-state index is 14.1. The summed E-state index contributed by atoms with van der Waals surface area (Å²) in [5.41, 5.74) is 28.8. The molecule has 85 heavy (non-hydrogen) atoms. The van der Waals surface area contributed by atoms with Crippen molar-refractivity contribution in [1.82, 2.24) is 57.8 Å². The van der Waals surface area contributed by atoms with E-state index in [0.29, 0.717) is 42.8 Å². The van der Waals surface area contributed by atoms with E-state index < -0.39 is 145 Å². The molecule has 2 aromatic rings. The van der Waals surface area contributed by atoms with Gasteiger partial charge in [-0.3, -0.25) is 52.9 Å². The second-order valence-electron chi connectivity index (χ2n) is 20.9. The van der Waals surface area contributed by atoms with E-state index in [9.17, 15) is 68.1 Å². The average molecular weight is 1220 g/mol. The normalized spacial score (nSPS) is 14.3. The molecule has 0 radical (unpaired) electrons. The summed E-state index contributed by atoms with van der Waals surface area (Å²) in [6.07, 6.45) is 4.93. The maximum Gasteiger partial charge on any atom is 0.326 e. The minimum absolute atomic E-state index is 0.0274. The van der Waals surface area contributed by atoms with Gasteiger partial charge in [-0.15, -0.1) is 0 Å². The number of unbranched alkanes of at least 4 members (excludes halogenated alkanes) is 1. The van der Waals surface area contributed by atoms with Crippen LogP contribution in [0.3, 0.4) is 0 Å². The number of aromatic amines is 1. The number of primary amides is 1. The van der Waals surface area contributed by atoms with Crippen molar-refractivity contribution in [2.45, 2.75) is 153 Å². The first kappa shape index (κ1) is 73.0. The van der Waals surface area contributed by atoms with Gasteiger partial charge in [0.25, 0.3) is 0 Å². The largest absolute Gasteiger partial charge is 0.508 e. The predicted octanol–water partition coefficient (Wildman–Crippen LogP) is -4.80. The number of hydrogen-bond donors (Lipinski definition) is 18. The molecule has 31 nitrogen and oxygen atoms in total. The van der Waals surface area contributed by atoms with Gasteiger partial charge in [-0.05, 0) is 93.0 Å². The molecule has 0 saturated heterocycles. The molecular weight excluding hydrogens is 1130 g/mol.